The van der Waals surface area contributed by atoms with Crippen LogP contribution in [0.1, 0.15) is 34.9 Å². The first-order valence-corrected chi connectivity index (χ1v) is 9.83. The van der Waals surface area contributed by atoms with Crippen molar-refractivity contribution in [2.75, 3.05) is 26.7 Å². The molecule has 4 aliphatic rings. The highest BCUT2D eigenvalue weighted by Crippen LogP contribution is 2.47. The van der Waals surface area contributed by atoms with Crippen LogP contribution in [-0.4, -0.2) is 64.1 Å². The number of nitrogens with zero attached hydrogens (tertiary/aromatic N) is 4. The van der Waals surface area contributed by atoms with E-state index in [-0.39, 0.29) is 5.91 Å². The van der Waals surface area contributed by atoms with Crippen molar-refractivity contribution in [2.24, 2.45) is 13.0 Å². The molecule has 3 atom stereocenters. The van der Waals surface area contributed by atoms with Crippen molar-refractivity contribution in [3.05, 3.63) is 48.0 Å². The number of piperidine rings is 3. The SMILES string of the molecule is COc1ccc([C@@H]2CN(C(=O)c3nccn3C)[C@@H]3C4CCN(CC4)[C@@H]32)cc1. The fraction of sp³-hybridized carbons (Fsp3) is 0.524. The van der Waals surface area contributed by atoms with Crippen molar-refractivity contribution in [2.45, 2.75) is 30.8 Å². The molecule has 2 bridgehead atoms. The molecular formula is C21H26N4O2. The summed E-state index contributed by atoms with van der Waals surface area (Å²) < 4.78 is 7.16. The molecule has 1 aromatic carbocycles. The molecule has 0 N–H and O–H groups in total. The molecule has 0 unspecified atom stereocenters. The number of rotatable bonds is 3. The number of benzene rings is 1. The normalized spacial score (nSPS) is 31.8. The quantitative estimate of drug-likeness (QED) is 0.835. The lowest BCUT2D eigenvalue weighted by atomic mass is 9.75. The molecular weight excluding hydrogens is 340 g/mol. The van der Waals surface area contributed by atoms with Crippen LogP contribution in [0.3, 0.4) is 0 Å². The van der Waals surface area contributed by atoms with E-state index in [0.29, 0.717) is 29.7 Å². The van der Waals surface area contributed by atoms with Crippen LogP contribution < -0.4 is 4.74 Å². The number of hydrogen-bond donors (Lipinski definition) is 0. The summed E-state index contributed by atoms with van der Waals surface area (Å²) in [5, 5.41) is 0. The molecule has 0 radical (unpaired) electrons. The van der Waals surface area contributed by atoms with Crippen molar-refractivity contribution < 1.29 is 9.53 Å². The van der Waals surface area contributed by atoms with E-state index >= 15 is 0 Å². The maximum Gasteiger partial charge on any atom is 0.290 e. The van der Waals surface area contributed by atoms with Crippen molar-refractivity contribution in [3.8, 4) is 5.75 Å². The molecule has 1 amide bonds. The average molecular weight is 366 g/mol. The highest BCUT2D eigenvalue weighted by atomic mass is 16.5. The standard InChI is InChI=1S/C21H26N4O2/c1-23-12-9-22-20(23)21(26)25-13-17(14-3-5-16(27-2)6-4-14)19-18(25)15-7-10-24(19)11-8-15/h3-6,9,12,15,17-19H,7-8,10-11,13H2,1-2H3/t17-,18+,19+/m0/s1. The van der Waals surface area contributed by atoms with Crippen LogP contribution in [0.15, 0.2) is 36.7 Å². The van der Waals surface area contributed by atoms with Crippen molar-refractivity contribution in [1.82, 2.24) is 19.4 Å². The first-order valence-electron chi connectivity index (χ1n) is 9.83. The Morgan fingerprint density at radius 2 is 1.89 bits per heavy atom. The number of imidazole rings is 1. The van der Waals surface area contributed by atoms with E-state index in [1.165, 1.54) is 18.4 Å². The summed E-state index contributed by atoms with van der Waals surface area (Å²) >= 11 is 0. The van der Waals surface area contributed by atoms with Gasteiger partial charge in [0, 0.05) is 37.9 Å². The Kier molecular flexibility index (Phi) is 3.97. The van der Waals surface area contributed by atoms with Gasteiger partial charge < -0.3 is 14.2 Å². The number of methoxy groups -OCH3 is 1. The summed E-state index contributed by atoms with van der Waals surface area (Å²) in [5.74, 6) is 2.43. The lowest BCUT2D eigenvalue weighted by molar-refractivity contribution is -0.00387. The molecule has 6 heteroatoms. The van der Waals surface area contributed by atoms with Gasteiger partial charge in [0.15, 0.2) is 5.82 Å². The Bertz CT molecular complexity index is 838. The molecule has 142 valence electrons. The fourth-order valence-corrected chi connectivity index (χ4v) is 5.50. The number of carbonyl (C=O) groups is 1. The molecule has 27 heavy (non-hydrogen) atoms. The van der Waals surface area contributed by atoms with Gasteiger partial charge in [0.05, 0.1) is 13.2 Å². The number of carbonyl (C=O) groups excluding carboxylic acids is 1. The van der Waals surface area contributed by atoms with Crippen molar-refractivity contribution in [3.63, 3.8) is 0 Å². The Morgan fingerprint density at radius 3 is 2.52 bits per heavy atom. The molecule has 0 saturated carbocycles. The minimum atomic E-state index is 0.0715. The first-order chi connectivity index (χ1) is 13.2. The molecule has 4 saturated heterocycles. The maximum absolute atomic E-state index is 13.3. The molecule has 0 aliphatic carbocycles. The summed E-state index contributed by atoms with van der Waals surface area (Å²) in [6.07, 6.45) is 5.94. The molecule has 6 nitrogen and oxygen atoms in total. The van der Waals surface area contributed by atoms with Crippen molar-refractivity contribution >= 4 is 5.91 Å². The number of aryl methyl sites for hydroxylation is 1. The van der Waals surface area contributed by atoms with Gasteiger partial charge in [-0.25, -0.2) is 4.98 Å². The average Bonchev–Trinajstić information content (AvgIpc) is 3.34. The fourth-order valence-electron chi connectivity index (χ4n) is 5.50. The van der Waals surface area contributed by atoms with Crippen LogP contribution in [0.25, 0.3) is 0 Å². The number of hydrogen-bond acceptors (Lipinski definition) is 4. The first kappa shape index (κ1) is 16.8. The zero-order valence-corrected chi connectivity index (χ0v) is 15.9. The van der Waals surface area contributed by atoms with E-state index in [2.05, 4.69) is 26.9 Å². The minimum absolute atomic E-state index is 0.0715. The van der Waals surface area contributed by atoms with Gasteiger partial charge in [-0.15, -0.1) is 0 Å². The molecule has 4 fully saturated rings. The van der Waals surface area contributed by atoms with E-state index in [9.17, 15) is 4.79 Å². The highest BCUT2D eigenvalue weighted by Gasteiger charge is 2.55. The summed E-state index contributed by atoms with van der Waals surface area (Å²) in [7, 11) is 3.59. The highest BCUT2D eigenvalue weighted by molar-refractivity contribution is 5.91. The van der Waals surface area contributed by atoms with E-state index in [0.717, 1.165) is 25.4 Å². The van der Waals surface area contributed by atoms with E-state index < -0.39 is 0 Å². The summed E-state index contributed by atoms with van der Waals surface area (Å²) in [6.45, 7) is 3.08. The van der Waals surface area contributed by atoms with Gasteiger partial charge in [0.1, 0.15) is 5.75 Å². The largest absolute Gasteiger partial charge is 0.497 e. The van der Waals surface area contributed by atoms with Crippen LogP contribution in [0.5, 0.6) is 5.75 Å². The topological polar surface area (TPSA) is 50.6 Å². The molecule has 2 aromatic rings. The van der Waals surface area contributed by atoms with Crippen LogP contribution in [-0.2, 0) is 7.05 Å². The lowest BCUT2D eigenvalue weighted by Gasteiger charge is -2.51. The molecule has 5 heterocycles. The monoisotopic (exact) mass is 366 g/mol. The Labute approximate surface area is 159 Å². The van der Waals surface area contributed by atoms with Crippen LogP contribution in [0, 0.1) is 5.92 Å². The number of amides is 1. The molecule has 1 aromatic heterocycles. The zero-order valence-electron chi connectivity index (χ0n) is 15.9. The van der Waals surface area contributed by atoms with Gasteiger partial charge in [-0.2, -0.15) is 0 Å². The molecule has 0 spiro atoms. The van der Waals surface area contributed by atoms with E-state index in [1.54, 1.807) is 13.3 Å². The second-order valence-electron chi connectivity index (χ2n) is 8.05. The summed E-state index contributed by atoms with van der Waals surface area (Å²) in [6, 6.07) is 9.10. The summed E-state index contributed by atoms with van der Waals surface area (Å²) in [4.78, 5) is 22.4. The minimum Gasteiger partial charge on any atom is -0.497 e. The molecule has 6 rings (SSSR count). The number of fused-ring (bicyclic) bond motifs is 2. The third-order valence-corrected chi connectivity index (χ3v) is 6.81. The van der Waals surface area contributed by atoms with Crippen LogP contribution in [0.2, 0.25) is 0 Å². The predicted octanol–water partition coefficient (Wildman–Crippen LogP) is 2.13. The zero-order chi connectivity index (χ0) is 18.5. The summed E-state index contributed by atoms with van der Waals surface area (Å²) in [5.41, 5.74) is 1.30. The Morgan fingerprint density at radius 1 is 1.15 bits per heavy atom. The van der Waals surface area contributed by atoms with Gasteiger partial charge in [-0.3, -0.25) is 9.69 Å². The lowest BCUT2D eigenvalue weighted by Crippen LogP contribution is -2.60. The number of likely N-dealkylation sites (tertiary alicyclic amines) is 1. The van der Waals surface area contributed by atoms with Gasteiger partial charge in [-0.05, 0) is 49.5 Å². The second-order valence-corrected chi connectivity index (χ2v) is 8.05. The van der Waals surface area contributed by atoms with E-state index in [1.807, 2.05) is 29.9 Å². The number of aromatic nitrogens is 2. The van der Waals surface area contributed by atoms with Crippen LogP contribution >= 0.6 is 0 Å². The van der Waals surface area contributed by atoms with Gasteiger partial charge in [0.25, 0.3) is 5.91 Å². The van der Waals surface area contributed by atoms with Crippen molar-refractivity contribution in [1.29, 1.82) is 0 Å². The maximum atomic E-state index is 13.3. The van der Waals surface area contributed by atoms with Crippen LogP contribution in [0.4, 0.5) is 0 Å². The molecule has 4 aliphatic heterocycles. The third-order valence-electron chi connectivity index (χ3n) is 6.81. The third kappa shape index (κ3) is 2.57. The second kappa shape index (κ2) is 6.37. The Balaban J connectivity index is 1.51. The predicted molar refractivity (Wildman–Crippen MR) is 102 cm³/mol. The van der Waals surface area contributed by atoms with Gasteiger partial charge in [-0.1, -0.05) is 12.1 Å². The Hall–Kier alpha value is -2.34. The van der Waals surface area contributed by atoms with Gasteiger partial charge in [0.2, 0.25) is 0 Å². The van der Waals surface area contributed by atoms with Gasteiger partial charge >= 0.3 is 0 Å². The number of ether oxygens (including phenoxy) is 1. The smallest absolute Gasteiger partial charge is 0.290 e. The van der Waals surface area contributed by atoms with E-state index in [4.69, 9.17) is 4.74 Å².